The molecule has 0 radical (unpaired) electrons. The third-order valence-electron chi connectivity index (χ3n) is 3.26. The average Bonchev–Trinajstić information content (AvgIpc) is 2.61. The smallest absolute Gasteiger partial charge is 0.262 e. The van der Waals surface area contributed by atoms with Gasteiger partial charge in [-0.2, -0.15) is 5.10 Å². The van der Waals surface area contributed by atoms with Crippen LogP contribution in [0.15, 0.2) is 71.8 Å². The van der Waals surface area contributed by atoms with Gasteiger partial charge in [0.1, 0.15) is 6.04 Å². The Kier molecular flexibility index (Phi) is 6.60. The second kappa shape index (κ2) is 9.20. The van der Waals surface area contributed by atoms with Gasteiger partial charge >= 0.3 is 0 Å². The van der Waals surface area contributed by atoms with Crippen molar-refractivity contribution in [1.82, 2.24) is 5.43 Å². The molecule has 4 heteroatoms. The summed E-state index contributed by atoms with van der Waals surface area (Å²) in [5.41, 5.74) is 4.56. The quantitative estimate of drug-likeness (QED) is 0.605. The third-order valence-corrected chi connectivity index (χ3v) is 3.26. The van der Waals surface area contributed by atoms with Crippen molar-refractivity contribution in [2.75, 3.05) is 5.32 Å². The Hall–Kier alpha value is -2.88. The van der Waals surface area contributed by atoms with E-state index < -0.39 is 0 Å². The molecule has 2 aromatic rings. The number of carbonyl (C=O) groups excluding carboxylic acids is 1. The highest BCUT2D eigenvalue weighted by molar-refractivity contribution is 5.86. The second-order valence-electron chi connectivity index (χ2n) is 5.00. The second-order valence-corrected chi connectivity index (χ2v) is 5.00. The molecular weight excluding hydrogens is 286 g/mol. The number of carbonyl (C=O) groups is 1. The summed E-state index contributed by atoms with van der Waals surface area (Å²) in [6.07, 6.45) is 5.96. The van der Waals surface area contributed by atoms with Crippen LogP contribution in [-0.2, 0) is 4.79 Å². The lowest BCUT2D eigenvalue weighted by Crippen LogP contribution is -2.36. The van der Waals surface area contributed by atoms with Gasteiger partial charge in [0.25, 0.3) is 5.91 Å². The molecule has 23 heavy (non-hydrogen) atoms. The third kappa shape index (κ3) is 5.79. The molecule has 0 bridgehead atoms. The van der Waals surface area contributed by atoms with E-state index in [1.165, 1.54) is 0 Å². The predicted molar refractivity (Wildman–Crippen MR) is 96.3 cm³/mol. The molecule has 2 N–H and O–H groups in total. The summed E-state index contributed by atoms with van der Waals surface area (Å²) in [5, 5.41) is 7.14. The lowest BCUT2D eigenvalue weighted by Gasteiger charge is -2.16. The molecule has 0 aliphatic rings. The number of benzene rings is 2. The number of rotatable bonds is 7. The minimum absolute atomic E-state index is 0.152. The van der Waals surface area contributed by atoms with Gasteiger partial charge in [-0.05, 0) is 30.2 Å². The van der Waals surface area contributed by atoms with E-state index in [1.54, 1.807) is 12.3 Å². The molecule has 1 atom stereocenters. The van der Waals surface area contributed by atoms with Crippen molar-refractivity contribution in [2.45, 2.75) is 19.4 Å². The number of para-hydroxylation sites is 1. The molecule has 0 saturated carbocycles. The zero-order valence-electron chi connectivity index (χ0n) is 13.1. The number of nitrogens with one attached hydrogen (secondary N) is 2. The van der Waals surface area contributed by atoms with Crippen LogP contribution < -0.4 is 10.7 Å². The first kappa shape index (κ1) is 16.5. The predicted octanol–water partition coefficient (Wildman–Crippen LogP) is 3.69. The SMILES string of the molecule is CCC(Nc1ccccc1)C(=O)NN=CC=Cc1ccccc1. The van der Waals surface area contributed by atoms with Crippen LogP contribution in [0, 0.1) is 0 Å². The minimum Gasteiger partial charge on any atom is -0.374 e. The van der Waals surface area contributed by atoms with Crippen LogP contribution in [0.2, 0.25) is 0 Å². The molecule has 0 aromatic heterocycles. The van der Waals surface area contributed by atoms with E-state index in [-0.39, 0.29) is 11.9 Å². The molecule has 2 aromatic carbocycles. The van der Waals surface area contributed by atoms with Crippen LogP contribution in [0.1, 0.15) is 18.9 Å². The first-order valence-electron chi connectivity index (χ1n) is 7.66. The Balaban J connectivity index is 1.82. The van der Waals surface area contributed by atoms with Gasteiger partial charge < -0.3 is 5.32 Å². The summed E-state index contributed by atoms with van der Waals surface area (Å²) >= 11 is 0. The molecule has 1 amide bonds. The Morgan fingerprint density at radius 1 is 1.09 bits per heavy atom. The number of hydrogen-bond donors (Lipinski definition) is 2. The standard InChI is InChI=1S/C19H21N3O/c1-2-18(21-17-13-7-4-8-14-17)19(23)22-20-15-9-12-16-10-5-3-6-11-16/h3-15,18,21H,2H2,1H3,(H,22,23). The van der Waals surface area contributed by atoms with E-state index >= 15 is 0 Å². The molecule has 0 spiro atoms. The summed E-state index contributed by atoms with van der Waals surface area (Å²) in [4.78, 5) is 12.1. The Morgan fingerprint density at radius 2 is 1.74 bits per heavy atom. The van der Waals surface area contributed by atoms with Gasteiger partial charge in [-0.15, -0.1) is 0 Å². The molecular formula is C19H21N3O. The van der Waals surface area contributed by atoms with Crippen molar-refractivity contribution < 1.29 is 4.79 Å². The summed E-state index contributed by atoms with van der Waals surface area (Å²) in [7, 11) is 0. The monoisotopic (exact) mass is 307 g/mol. The zero-order valence-corrected chi connectivity index (χ0v) is 13.1. The Morgan fingerprint density at radius 3 is 2.39 bits per heavy atom. The highest BCUT2D eigenvalue weighted by Gasteiger charge is 2.14. The largest absolute Gasteiger partial charge is 0.374 e. The van der Waals surface area contributed by atoms with Crippen molar-refractivity contribution in [3.05, 3.63) is 72.3 Å². The van der Waals surface area contributed by atoms with Gasteiger partial charge in [0.05, 0.1) is 0 Å². The van der Waals surface area contributed by atoms with Crippen LogP contribution in [0.3, 0.4) is 0 Å². The van der Waals surface area contributed by atoms with Crippen LogP contribution in [0.5, 0.6) is 0 Å². The van der Waals surface area contributed by atoms with Gasteiger partial charge in [-0.3, -0.25) is 4.79 Å². The lowest BCUT2D eigenvalue weighted by molar-refractivity contribution is -0.121. The zero-order chi connectivity index (χ0) is 16.3. The molecule has 0 fully saturated rings. The fourth-order valence-electron chi connectivity index (χ4n) is 2.03. The number of nitrogens with zero attached hydrogens (tertiary/aromatic N) is 1. The molecule has 118 valence electrons. The van der Waals surface area contributed by atoms with E-state index in [0.717, 1.165) is 11.3 Å². The summed E-state index contributed by atoms with van der Waals surface area (Å²) in [6, 6.07) is 19.3. The maximum atomic E-state index is 12.1. The van der Waals surface area contributed by atoms with E-state index in [9.17, 15) is 4.79 Å². The molecule has 2 rings (SSSR count). The fraction of sp³-hybridized carbons (Fsp3) is 0.158. The maximum absolute atomic E-state index is 12.1. The molecule has 0 aliphatic carbocycles. The highest BCUT2D eigenvalue weighted by atomic mass is 16.2. The van der Waals surface area contributed by atoms with E-state index in [0.29, 0.717) is 6.42 Å². The van der Waals surface area contributed by atoms with Crippen molar-refractivity contribution in [3.8, 4) is 0 Å². The number of amides is 1. The van der Waals surface area contributed by atoms with Crippen molar-refractivity contribution in [2.24, 2.45) is 5.10 Å². The normalized spacial score (nSPS) is 12.4. The van der Waals surface area contributed by atoms with E-state index in [1.807, 2.05) is 73.7 Å². The first-order valence-corrected chi connectivity index (χ1v) is 7.66. The van der Waals surface area contributed by atoms with Crippen molar-refractivity contribution in [1.29, 1.82) is 0 Å². The summed E-state index contributed by atoms with van der Waals surface area (Å²) in [6.45, 7) is 1.96. The van der Waals surface area contributed by atoms with E-state index in [4.69, 9.17) is 0 Å². The van der Waals surface area contributed by atoms with Gasteiger partial charge in [0.2, 0.25) is 0 Å². The van der Waals surface area contributed by atoms with Crippen molar-refractivity contribution in [3.63, 3.8) is 0 Å². The van der Waals surface area contributed by atoms with E-state index in [2.05, 4.69) is 15.8 Å². The van der Waals surface area contributed by atoms with Gasteiger partial charge in [-0.25, -0.2) is 5.43 Å². The van der Waals surface area contributed by atoms with Crippen LogP contribution >= 0.6 is 0 Å². The Bertz CT molecular complexity index is 651. The minimum atomic E-state index is -0.312. The molecule has 0 heterocycles. The lowest BCUT2D eigenvalue weighted by atomic mass is 10.2. The summed E-state index contributed by atoms with van der Waals surface area (Å²) in [5.74, 6) is -0.152. The maximum Gasteiger partial charge on any atom is 0.262 e. The molecule has 4 nitrogen and oxygen atoms in total. The first-order chi connectivity index (χ1) is 11.3. The number of hydrogen-bond acceptors (Lipinski definition) is 3. The van der Waals surface area contributed by atoms with Crippen LogP contribution in [0.4, 0.5) is 5.69 Å². The topological polar surface area (TPSA) is 53.5 Å². The molecule has 1 unspecified atom stereocenters. The average molecular weight is 307 g/mol. The van der Waals surface area contributed by atoms with Crippen LogP contribution in [0.25, 0.3) is 6.08 Å². The van der Waals surface area contributed by atoms with Crippen molar-refractivity contribution >= 4 is 23.9 Å². The van der Waals surface area contributed by atoms with Gasteiger partial charge in [-0.1, -0.05) is 61.5 Å². The van der Waals surface area contributed by atoms with Crippen LogP contribution in [-0.4, -0.2) is 18.2 Å². The van der Waals surface area contributed by atoms with Gasteiger partial charge in [0, 0.05) is 11.9 Å². The summed E-state index contributed by atoms with van der Waals surface area (Å²) < 4.78 is 0. The number of anilines is 1. The number of hydrazone groups is 1. The number of allylic oxidation sites excluding steroid dienone is 1. The van der Waals surface area contributed by atoms with Gasteiger partial charge in [0.15, 0.2) is 0 Å². The highest BCUT2D eigenvalue weighted by Crippen LogP contribution is 2.08. The fourth-order valence-corrected chi connectivity index (χ4v) is 2.03. The molecule has 0 aliphatic heterocycles. The Labute approximate surface area is 136 Å². The molecule has 0 saturated heterocycles.